The first-order valence-corrected chi connectivity index (χ1v) is 7.64. The van der Waals surface area contributed by atoms with Gasteiger partial charge >= 0.3 is 5.97 Å². The van der Waals surface area contributed by atoms with E-state index in [0.29, 0.717) is 5.02 Å². The molecule has 0 spiro atoms. The molecule has 2 rings (SSSR count). The number of likely N-dealkylation sites (tertiary alicyclic amines) is 1. The maximum absolute atomic E-state index is 12.1. The van der Waals surface area contributed by atoms with E-state index in [0.717, 1.165) is 25.2 Å². The van der Waals surface area contributed by atoms with Crippen LogP contribution in [0.3, 0.4) is 0 Å². The highest BCUT2D eigenvalue weighted by molar-refractivity contribution is 6.30. The Morgan fingerprint density at radius 1 is 1.20 bits per heavy atom. The number of rotatable bonds is 4. The molecule has 1 saturated heterocycles. The second-order valence-corrected chi connectivity index (χ2v) is 5.78. The van der Waals surface area contributed by atoms with Crippen LogP contribution in [0.1, 0.15) is 37.2 Å². The summed E-state index contributed by atoms with van der Waals surface area (Å²) in [7, 11) is 1.45. The van der Waals surface area contributed by atoms with Crippen molar-refractivity contribution in [2.75, 3.05) is 26.7 Å². The van der Waals surface area contributed by atoms with Gasteiger partial charge in [-0.3, -0.25) is 4.79 Å². The van der Waals surface area contributed by atoms with Crippen LogP contribution in [0.4, 0.5) is 0 Å². The van der Waals surface area contributed by atoms with Crippen molar-refractivity contribution >= 4 is 17.6 Å². The van der Waals surface area contributed by atoms with E-state index in [1.54, 1.807) is 0 Å². The van der Waals surface area contributed by atoms with Crippen LogP contribution in [0.5, 0.6) is 0 Å². The lowest BCUT2D eigenvalue weighted by Gasteiger charge is -2.25. The Hall–Kier alpha value is -1.06. The van der Waals surface area contributed by atoms with Crippen molar-refractivity contribution in [2.24, 2.45) is 0 Å². The van der Waals surface area contributed by atoms with E-state index in [1.807, 2.05) is 24.3 Å². The second-order valence-electron chi connectivity index (χ2n) is 5.34. The van der Waals surface area contributed by atoms with Crippen LogP contribution in [0.2, 0.25) is 5.02 Å². The van der Waals surface area contributed by atoms with Crippen molar-refractivity contribution < 1.29 is 9.53 Å². The first-order valence-electron chi connectivity index (χ1n) is 7.26. The molecule has 0 aromatic heterocycles. The lowest BCUT2D eigenvalue weighted by molar-refractivity contribution is -0.143. The zero-order chi connectivity index (χ0) is 14.4. The Kier molecular flexibility index (Phi) is 5.86. The summed E-state index contributed by atoms with van der Waals surface area (Å²) in [5, 5.41) is 0.687. The van der Waals surface area contributed by atoms with Crippen LogP contribution < -0.4 is 0 Å². The molecule has 1 aromatic rings. The van der Waals surface area contributed by atoms with Gasteiger partial charge in [0.25, 0.3) is 0 Å². The predicted octanol–water partition coefficient (Wildman–Crippen LogP) is 3.47. The maximum atomic E-state index is 12.1. The van der Waals surface area contributed by atoms with Gasteiger partial charge in [0.15, 0.2) is 0 Å². The first-order chi connectivity index (χ1) is 9.70. The molecule has 0 N–H and O–H groups in total. The molecule has 20 heavy (non-hydrogen) atoms. The average Bonchev–Trinajstić information content (AvgIpc) is 2.74. The zero-order valence-electron chi connectivity index (χ0n) is 12.0. The van der Waals surface area contributed by atoms with E-state index in [-0.39, 0.29) is 11.9 Å². The predicted molar refractivity (Wildman–Crippen MR) is 81.1 cm³/mol. The minimum absolute atomic E-state index is 0.170. The molecule has 1 aliphatic heterocycles. The Bertz CT molecular complexity index is 425. The van der Waals surface area contributed by atoms with Crippen molar-refractivity contribution in [3.63, 3.8) is 0 Å². The minimum atomic E-state index is -0.227. The molecule has 0 bridgehead atoms. The highest BCUT2D eigenvalue weighted by Gasteiger charge is 2.24. The Balaban J connectivity index is 2.10. The highest BCUT2D eigenvalue weighted by Crippen LogP contribution is 2.22. The molecule has 0 saturated carbocycles. The maximum Gasteiger partial charge on any atom is 0.314 e. The topological polar surface area (TPSA) is 29.5 Å². The number of hydrogen-bond acceptors (Lipinski definition) is 3. The van der Waals surface area contributed by atoms with E-state index in [2.05, 4.69) is 4.90 Å². The van der Waals surface area contributed by atoms with Gasteiger partial charge in [-0.25, -0.2) is 0 Å². The molecule has 3 nitrogen and oxygen atoms in total. The highest BCUT2D eigenvalue weighted by atomic mass is 35.5. The SMILES string of the molecule is COC(=O)C(CN1CCCCCC1)c1ccc(Cl)cc1. The molecular formula is C16H22ClNO2. The van der Waals surface area contributed by atoms with Crippen LogP contribution in [0.25, 0.3) is 0 Å². The summed E-state index contributed by atoms with van der Waals surface area (Å²) >= 11 is 5.92. The van der Waals surface area contributed by atoms with Gasteiger partial charge in [-0.15, -0.1) is 0 Å². The number of ether oxygens (including phenoxy) is 1. The third-order valence-electron chi connectivity index (χ3n) is 3.90. The normalized spacial score (nSPS) is 18.3. The molecule has 1 atom stereocenters. The smallest absolute Gasteiger partial charge is 0.314 e. The molecule has 1 unspecified atom stereocenters. The molecular weight excluding hydrogens is 274 g/mol. The fourth-order valence-corrected chi connectivity index (χ4v) is 2.86. The molecule has 0 amide bonds. The van der Waals surface area contributed by atoms with E-state index < -0.39 is 0 Å². The number of methoxy groups -OCH3 is 1. The van der Waals surface area contributed by atoms with Gasteiger partial charge in [0, 0.05) is 11.6 Å². The minimum Gasteiger partial charge on any atom is -0.469 e. The summed E-state index contributed by atoms with van der Waals surface area (Å²) in [6.45, 7) is 2.87. The molecule has 110 valence electrons. The Morgan fingerprint density at radius 2 is 1.80 bits per heavy atom. The number of carbonyl (C=O) groups is 1. The standard InChI is InChI=1S/C16H22ClNO2/c1-20-16(19)15(13-6-8-14(17)9-7-13)12-18-10-4-2-3-5-11-18/h6-9,15H,2-5,10-12H2,1H3. The fourth-order valence-electron chi connectivity index (χ4n) is 2.73. The van der Waals surface area contributed by atoms with Crippen molar-refractivity contribution in [1.29, 1.82) is 0 Å². The summed E-state index contributed by atoms with van der Waals surface area (Å²) in [5.74, 6) is -0.396. The fraction of sp³-hybridized carbons (Fsp3) is 0.562. The van der Waals surface area contributed by atoms with Gasteiger partial charge in [-0.05, 0) is 43.6 Å². The quantitative estimate of drug-likeness (QED) is 0.797. The van der Waals surface area contributed by atoms with E-state index in [1.165, 1.54) is 32.8 Å². The first kappa shape index (κ1) is 15.3. The van der Waals surface area contributed by atoms with Gasteiger partial charge in [0.05, 0.1) is 13.0 Å². The molecule has 1 fully saturated rings. The van der Waals surface area contributed by atoms with Crippen molar-refractivity contribution in [3.05, 3.63) is 34.9 Å². The van der Waals surface area contributed by atoms with E-state index in [4.69, 9.17) is 16.3 Å². The van der Waals surface area contributed by atoms with Crippen LogP contribution >= 0.6 is 11.6 Å². The molecule has 1 aliphatic rings. The molecule has 0 radical (unpaired) electrons. The van der Waals surface area contributed by atoms with Gasteiger partial charge in [0.2, 0.25) is 0 Å². The van der Waals surface area contributed by atoms with Crippen LogP contribution in [0.15, 0.2) is 24.3 Å². The molecule has 1 heterocycles. The largest absolute Gasteiger partial charge is 0.469 e. The summed E-state index contributed by atoms with van der Waals surface area (Å²) in [4.78, 5) is 14.5. The lowest BCUT2D eigenvalue weighted by atomic mass is 9.98. The third-order valence-corrected chi connectivity index (χ3v) is 4.15. The zero-order valence-corrected chi connectivity index (χ0v) is 12.7. The number of esters is 1. The molecule has 0 aliphatic carbocycles. The number of halogens is 1. The van der Waals surface area contributed by atoms with Gasteiger partial charge in [-0.2, -0.15) is 0 Å². The Morgan fingerprint density at radius 3 is 2.35 bits per heavy atom. The summed E-state index contributed by atoms with van der Waals surface area (Å²) in [5.41, 5.74) is 0.977. The van der Waals surface area contributed by atoms with Crippen LogP contribution in [0, 0.1) is 0 Å². The molecule has 1 aromatic carbocycles. The summed E-state index contributed by atoms with van der Waals surface area (Å²) < 4.78 is 4.97. The van der Waals surface area contributed by atoms with Gasteiger partial charge in [-0.1, -0.05) is 36.6 Å². The van der Waals surface area contributed by atoms with Crippen molar-refractivity contribution in [2.45, 2.75) is 31.6 Å². The third kappa shape index (κ3) is 4.22. The summed E-state index contributed by atoms with van der Waals surface area (Å²) in [6, 6.07) is 7.49. The van der Waals surface area contributed by atoms with E-state index in [9.17, 15) is 4.79 Å². The number of benzene rings is 1. The number of carbonyl (C=O) groups excluding carboxylic acids is 1. The molecule has 4 heteroatoms. The average molecular weight is 296 g/mol. The van der Waals surface area contributed by atoms with Crippen molar-refractivity contribution in [3.8, 4) is 0 Å². The van der Waals surface area contributed by atoms with Gasteiger partial charge < -0.3 is 9.64 Å². The lowest BCUT2D eigenvalue weighted by Crippen LogP contribution is -2.33. The second kappa shape index (κ2) is 7.65. The number of hydrogen-bond donors (Lipinski definition) is 0. The summed E-state index contributed by atoms with van der Waals surface area (Å²) in [6.07, 6.45) is 5.02. The monoisotopic (exact) mass is 295 g/mol. The number of nitrogens with zero attached hydrogens (tertiary/aromatic N) is 1. The van der Waals surface area contributed by atoms with Crippen molar-refractivity contribution in [1.82, 2.24) is 4.90 Å². The van der Waals surface area contributed by atoms with E-state index >= 15 is 0 Å². The van der Waals surface area contributed by atoms with Crippen LogP contribution in [-0.2, 0) is 9.53 Å². The Labute approximate surface area is 125 Å². The van der Waals surface area contributed by atoms with Gasteiger partial charge in [0.1, 0.15) is 0 Å². The van der Waals surface area contributed by atoms with Crippen LogP contribution in [-0.4, -0.2) is 37.6 Å².